The van der Waals surface area contributed by atoms with Crippen molar-refractivity contribution in [1.82, 2.24) is 9.55 Å². The molecule has 0 saturated carbocycles. The predicted octanol–water partition coefficient (Wildman–Crippen LogP) is 1.68. The Balaban J connectivity index is 2.89. The second-order valence-corrected chi connectivity index (χ2v) is 4.83. The van der Waals surface area contributed by atoms with Crippen LogP contribution in [0.5, 0.6) is 0 Å². The summed E-state index contributed by atoms with van der Waals surface area (Å²) in [6.07, 6.45) is 0. The molecule has 5 heteroatoms. The zero-order valence-electron chi connectivity index (χ0n) is 9.25. The highest BCUT2D eigenvalue weighted by atomic mass is 35.5. The van der Waals surface area contributed by atoms with Crippen molar-refractivity contribution in [1.29, 1.82) is 0 Å². The Morgan fingerprint density at radius 3 is 2.81 bits per heavy atom. The highest BCUT2D eigenvalue weighted by Gasteiger charge is 2.24. The number of imidazole rings is 1. The summed E-state index contributed by atoms with van der Waals surface area (Å²) in [5, 5.41) is 0.553. The summed E-state index contributed by atoms with van der Waals surface area (Å²) in [6, 6.07) is 5.40. The van der Waals surface area contributed by atoms with E-state index in [1.54, 1.807) is 16.7 Å². The quantitative estimate of drug-likeness (QED) is 0.838. The van der Waals surface area contributed by atoms with Crippen LogP contribution in [-0.2, 0) is 5.54 Å². The lowest BCUT2D eigenvalue weighted by molar-refractivity contribution is 0.367. The number of rotatable bonds is 2. The molecular weight excluding hydrogens is 226 g/mol. The van der Waals surface area contributed by atoms with Gasteiger partial charge in [-0.3, -0.25) is 4.57 Å². The first kappa shape index (κ1) is 11.2. The van der Waals surface area contributed by atoms with Gasteiger partial charge in [-0.05, 0) is 26.0 Å². The first-order chi connectivity index (χ1) is 7.47. The van der Waals surface area contributed by atoms with E-state index in [0.717, 1.165) is 5.52 Å². The molecule has 0 unspecified atom stereocenters. The van der Waals surface area contributed by atoms with E-state index >= 15 is 0 Å². The number of hydrogen-bond donors (Lipinski definition) is 2. The number of nitrogens with zero attached hydrogens (tertiary/aromatic N) is 1. The number of H-pyrrole nitrogens is 1. The molecule has 0 spiro atoms. The van der Waals surface area contributed by atoms with E-state index in [-0.39, 0.29) is 5.69 Å². The van der Waals surface area contributed by atoms with Crippen molar-refractivity contribution < 1.29 is 0 Å². The minimum atomic E-state index is -0.458. The third kappa shape index (κ3) is 1.54. The van der Waals surface area contributed by atoms with Crippen LogP contribution in [0.3, 0.4) is 0 Å². The molecule has 0 radical (unpaired) electrons. The number of para-hydroxylation sites is 1. The number of hydrogen-bond acceptors (Lipinski definition) is 2. The third-order valence-electron chi connectivity index (χ3n) is 2.76. The van der Waals surface area contributed by atoms with E-state index in [4.69, 9.17) is 17.3 Å². The van der Waals surface area contributed by atoms with Crippen LogP contribution >= 0.6 is 11.6 Å². The summed E-state index contributed by atoms with van der Waals surface area (Å²) < 4.78 is 1.62. The van der Waals surface area contributed by atoms with Crippen molar-refractivity contribution in [2.75, 3.05) is 6.54 Å². The SMILES string of the molecule is CC(C)(CN)n1c(=O)[nH]c2cccc(Cl)c21. The molecule has 1 aromatic heterocycles. The molecule has 1 aromatic carbocycles. The molecule has 0 aliphatic heterocycles. The molecule has 16 heavy (non-hydrogen) atoms. The summed E-state index contributed by atoms with van der Waals surface area (Å²) in [6.45, 7) is 4.18. The van der Waals surface area contributed by atoms with Crippen LogP contribution in [0.2, 0.25) is 5.02 Å². The Morgan fingerprint density at radius 1 is 1.50 bits per heavy atom. The second kappa shape index (κ2) is 3.64. The highest BCUT2D eigenvalue weighted by molar-refractivity contribution is 6.34. The monoisotopic (exact) mass is 239 g/mol. The van der Waals surface area contributed by atoms with Crippen LogP contribution in [0.15, 0.2) is 23.0 Å². The fraction of sp³-hybridized carbons (Fsp3) is 0.364. The molecule has 0 atom stereocenters. The smallest absolute Gasteiger partial charge is 0.327 e. The Morgan fingerprint density at radius 2 is 2.19 bits per heavy atom. The number of nitrogens with one attached hydrogen (secondary N) is 1. The van der Waals surface area contributed by atoms with Crippen LogP contribution < -0.4 is 11.4 Å². The van der Waals surface area contributed by atoms with Gasteiger partial charge in [-0.25, -0.2) is 4.79 Å². The molecule has 86 valence electrons. The second-order valence-electron chi connectivity index (χ2n) is 4.42. The van der Waals surface area contributed by atoms with Gasteiger partial charge in [0.2, 0.25) is 0 Å². The number of aromatic amines is 1. The standard InChI is InChI=1S/C11H14ClN3O/c1-11(2,6-13)15-9-7(12)4-3-5-8(9)14-10(15)16/h3-5H,6,13H2,1-2H3,(H,14,16). The van der Waals surface area contributed by atoms with Gasteiger partial charge in [0, 0.05) is 6.54 Å². The molecule has 3 N–H and O–H groups in total. The largest absolute Gasteiger partial charge is 0.328 e. The minimum Gasteiger partial charge on any atom is -0.328 e. The molecule has 0 saturated heterocycles. The molecule has 4 nitrogen and oxygen atoms in total. The molecule has 0 fully saturated rings. The summed E-state index contributed by atoms with van der Waals surface area (Å²) in [4.78, 5) is 14.7. The summed E-state index contributed by atoms with van der Waals surface area (Å²) in [7, 11) is 0. The van der Waals surface area contributed by atoms with Crippen molar-refractivity contribution in [2.45, 2.75) is 19.4 Å². The van der Waals surface area contributed by atoms with E-state index in [1.165, 1.54) is 0 Å². The predicted molar refractivity (Wildman–Crippen MR) is 65.9 cm³/mol. The Bertz CT molecular complexity index is 582. The van der Waals surface area contributed by atoms with Gasteiger partial charge in [-0.15, -0.1) is 0 Å². The van der Waals surface area contributed by atoms with E-state index < -0.39 is 5.54 Å². The Hall–Kier alpha value is -1.26. The van der Waals surface area contributed by atoms with Crippen molar-refractivity contribution in [3.63, 3.8) is 0 Å². The number of halogens is 1. The van der Waals surface area contributed by atoms with E-state index in [9.17, 15) is 4.79 Å². The average Bonchev–Trinajstić information content (AvgIpc) is 2.56. The number of aromatic nitrogens is 2. The van der Waals surface area contributed by atoms with Crippen molar-refractivity contribution in [2.24, 2.45) is 5.73 Å². The lowest BCUT2D eigenvalue weighted by Gasteiger charge is -2.24. The van der Waals surface area contributed by atoms with E-state index in [0.29, 0.717) is 17.1 Å². The van der Waals surface area contributed by atoms with Crippen molar-refractivity contribution >= 4 is 22.6 Å². The highest BCUT2D eigenvalue weighted by Crippen LogP contribution is 2.25. The molecule has 0 bridgehead atoms. The van der Waals surface area contributed by atoms with Crippen molar-refractivity contribution in [3.05, 3.63) is 33.7 Å². The number of fused-ring (bicyclic) bond motifs is 1. The molecule has 0 aliphatic rings. The van der Waals surface area contributed by atoms with Gasteiger partial charge in [0.1, 0.15) is 0 Å². The first-order valence-corrected chi connectivity index (χ1v) is 5.45. The van der Waals surface area contributed by atoms with Crippen LogP contribution in [-0.4, -0.2) is 16.1 Å². The fourth-order valence-corrected chi connectivity index (χ4v) is 2.04. The van der Waals surface area contributed by atoms with Gasteiger partial charge in [0.15, 0.2) is 0 Å². The molecule has 1 heterocycles. The minimum absolute atomic E-state index is 0.182. The van der Waals surface area contributed by atoms with Gasteiger partial charge in [0.05, 0.1) is 21.6 Å². The first-order valence-electron chi connectivity index (χ1n) is 5.07. The van der Waals surface area contributed by atoms with Crippen molar-refractivity contribution in [3.8, 4) is 0 Å². The summed E-state index contributed by atoms with van der Waals surface area (Å²) >= 11 is 6.12. The maximum atomic E-state index is 11.9. The van der Waals surface area contributed by atoms with Gasteiger partial charge in [-0.2, -0.15) is 0 Å². The normalized spacial score (nSPS) is 12.2. The lowest BCUT2D eigenvalue weighted by Crippen LogP contribution is -2.40. The number of benzene rings is 1. The number of nitrogens with two attached hydrogens (primary N) is 1. The van der Waals surface area contributed by atoms with Crippen LogP contribution in [0.4, 0.5) is 0 Å². The Labute approximate surface area is 98.0 Å². The van der Waals surface area contributed by atoms with Gasteiger partial charge in [-0.1, -0.05) is 17.7 Å². The summed E-state index contributed by atoms with van der Waals surface area (Å²) in [5.74, 6) is 0. The van der Waals surface area contributed by atoms with E-state index in [1.807, 2.05) is 19.9 Å². The van der Waals surface area contributed by atoms with Crippen LogP contribution in [0.25, 0.3) is 11.0 Å². The topological polar surface area (TPSA) is 63.8 Å². The maximum absolute atomic E-state index is 11.9. The maximum Gasteiger partial charge on any atom is 0.327 e. The molecular formula is C11H14ClN3O. The average molecular weight is 240 g/mol. The Kier molecular flexibility index (Phi) is 2.56. The zero-order valence-corrected chi connectivity index (χ0v) is 10.0. The van der Waals surface area contributed by atoms with Crippen LogP contribution in [0, 0.1) is 0 Å². The fourth-order valence-electron chi connectivity index (χ4n) is 1.78. The van der Waals surface area contributed by atoms with Gasteiger partial charge < -0.3 is 10.7 Å². The lowest BCUT2D eigenvalue weighted by atomic mass is 10.1. The van der Waals surface area contributed by atoms with Gasteiger partial charge in [0.25, 0.3) is 0 Å². The summed E-state index contributed by atoms with van der Waals surface area (Å²) in [5.41, 5.74) is 6.50. The van der Waals surface area contributed by atoms with Gasteiger partial charge >= 0.3 is 5.69 Å². The molecule has 0 amide bonds. The molecule has 2 rings (SSSR count). The third-order valence-corrected chi connectivity index (χ3v) is 3.06. The molecule has 2 aromatic rings. The van der Waals surface area contributed by atoms with E-state index in [2.05, 4.69) is 4.98 Å². The van der Waals surface area contributed by atoms with Crippen LogP contribution in [0.1, 0.15) is 13.8 Å². The zero-order chi connectivity index (χ0) is 11.9. The molecule has 0 aliphatic carbocycles.